The van der Waals surface area contributed by atoms with Gasteiger partial charge in [-0.1, -0.05) is 48.5 Å². The Morgan fingerprint density at radius 1 is 0.815 bits per heavy atom. The van der Waals surface area contributed by atoms with E-state index >= 15 is 0 Å². The zero-order valence-corrected chi connectivity index (χ0v) is 14.3. The van der Waals surface area contributed by atoms with Crippen molar-refractivity contribution in [2.45, 2.75) is 0 Å². The summed E-state index contributed by atoms with van der Waals surface area (Å²) in [4.78, 5) is 12.1. The number of benzene rings is 3. The van der Waals surface area contributed by atoms with E-state index in [0.717, 1.165) is 5.56 Å². The van der Waals surface area contributed by atoms with E-state index in [2.05, 4.69) is 0 Å². The van der Waals surface area contributed by atoms with Gasteiger partial charge in [-0.15, -0.1) is 0 Å². The number of carbonyl (C=O) groups excluding carboxylic acids is 1. The van der Waals surface area contributed by atoms with Gasteiger partial charge in [0.25, 0.3) is 0 Å². The number of nitriles is 2. The average molecular weight is 350 g/mol. The van der Waals surface area contributed by atoms with Crippen LogP contribution in [0.3, 0.4) is 0 Å². The molecule has 0 N–H and O–H groups in total. The Morgan fingerprint density at radius 2 is 1.48 bits per heavy atom. The van der Waals surface area contributed by atoms with Crippen molar-refractivity contribution in [2.24, 2.45) is 0 Å². The van der Waals surface area contributed by atoms with Gasteiger partial charge in [-0.3, -0.25) is 4.79 Å². The van der Waals surface area contributed by atoms with Gasteiger partial charge in [0, 0.05) is 5.56 Å². The van der Waals surface area contributed by atoms with Crippen molar-refractivity contribution < 1.29 is 9.53 Å². The van der Waals surface area contributed by atoms with Gasteiger partial charge < -0.3 is 4.74 Å². The van der Waals surface area contributed by atoms with Gasteiger partial charge in [-0.2, -0.15) is 10.5 Å². The minimum Gasteiger partial charge on any atom is -0.457 e. The molecule has 3 aromatic carbocycles. The summed E-state index contributed by atoms with van der Waals surface area (Å²) in [6.45, 7) is 0. The van der Waals surface area contributed by atoms with E-state index in [1.807, 2.05) is 42.5 Å². The van der Waals surface area contributed by atoms with Crippen LogP contribution in [0, 0.1) is 22.7 Å². The summed E-state index contributed by atoms with van der Waals surface area (Å²) in [6.07, 6.45) is 3.28. The summed E-state index contributed by atoms with van der Waals surface area (Å²) >= 11 is 0. The number of hydrogen-bond acceptors (Lipinski definition) is 4. The summed E-state index contributed by atoms with van der Waals surface area (Å²) in [5.41, 5.74) is 2.09. The monoisotopic (exact) mass is 350 g/mol. The van der Waals surface area contributed by atoms with Crippen LogP contribution in [0.5, 0.6) is 11.5 Å². The Hall–Kier alpha value is -4.15. The van der Waals surface area contributed by atoms with Gasteiger partial charge in [-0.25, -0.2) is 0 Å². The van der Waals surface area contributed by atoms with E-state index in [4.69, 9.17) is 15.3 Å². The summed E-state index contributed by atoms with van der Waals surface area (Å²) in [6, 6.07) is 25.0. The lowest BCUT2D eigenvalue weighted by Crippen LogP contribution is -1.92. The van der Waals surface area contributed by atoms with E-state index < -0.39 is 0 Å². The maximum atomic E-state index is 12.1. The van der Waals surface area contributed by atoms with Gasteiger partial charge in [0.05, 0.1) is 11.1 Å². The van der Waals surface area contributed by atoms with Crippen molar-refractivity contribution in [1.82, 2.24) is 0 Å². The minimum absolute atomic E-state index is 0.0578. The minimum atomic E-state index is -0.0578. The van der Waals surface area contributed by atoms with E-state index in [0.29, 0.717) is 22.6 Å². The highest BCUT2D eigenvalue weighted by atomic mass is 16.5. The Balaban J connectivity index is 1.69. The molecule has 0 fully saturated rings. The lowest BCUT2D eigenvalue weighted by atomic mass is 10.1. The Bertz CT molecular complexity index is 1070. The van der Waals surface area contributed by atoms with Crippen molar-refractivity contribution in [1.29, 1.82) is 10.5 Å². The fraction of sp³-hybridized carbons (Fsp3) is 0. The molecule has 0 saturated heterocycles. The van der Waals surface area contributed by atoms with Crippen molar-refractivity contribution in [3.05, 3.63) is 101 Å². The zero-order valence-electron chi connectivity index (χ0n) is 14.3. The van der Waals surface area contributed by atoms with Crippen LogP contribution in [0.4, 0.5) is 0 Å². The number of rotatable bonds is 5. The second-order valence-electron chi connectivity index (χ2n) is 5.67. The van der Waals surface area contributed by atoms with Crippen LogP contribution in [0.25, 0.3) is 6.08 Å². The smallest absolute Gasteiger partial charge is 0.185 e. The third-order valence-corrected chi connectivity index (χ3v) is 3.83. The first-order chi connectivity index (χ1) is 13.2. The molecule has 0 saturated carbocycles. The van der Waals surface area contributed by atoms with Crippen LogP contribution >= 0.6 is 0 Å². The average Bonchev–Trinajstić information content (AvgIpc) is 2.73. The first-order valence-corrected chi connectivity index (χ1v) is 8.19. The van der Waals surface area contributed by atoms with Crippen molar-refractivity contribution in [3.63, 3.8) is 0 Å². The van der Waals surface area contributed by atoms with Crippen molar-refractivity contribution in [2.75, 3.05) is 0 Å². The van der Waals surface area contributed by atoms with E-state index in [1.54, 1.807) is 42.5 Å². The highest BCUT2D eigenvalue weighted by molar-refractivity contribution is 6.06. The molecular weight excluding hydrogens is 336 g/mol. The number of ketones is 1. The maximum absolute atomic E-state index is 12.1. The first kappa shape index (κ1) is 17.7. The normalized spacial score (nSPS) is 10.1. The van der Waals surface area contributed by atoms with Crippen LogP contribution in [-0.2, 0) is 0 Å². The van der Waals surface area contributed by atoms with Crippen molar-refractivity contribution >= 4 is 11.9 Å². The Labute approximate surface area is 157 Å². The molecule has 3 rings (SSSR count). The molecule has 3 aromatic rings. The van der Waals surface area contributed by atoms with Gasteiger partial charge in [-0.05, 0) is 42.0 Å². The lowest BCUT2D eigenvalue weighted by molar-refractivity contribution is 0.104. The van der Waals surface area contributed by atoms with Gasteiger partial charge in [0.1, 0.15) is 23.6 Å². The molecular formula is C23H14N2O2. The predicted molar refractivity (Wildman–Crippen MR) is 102 cm³/mol. The Kier molecular flexibility index (Phi) is 5.42. The largest absolute Gasteiger partial charge is 0.457 e. The zero-order chi connectivity index (χ0) is 19.1. The van der Waals surface area contributed by atoms with Gasteiger partial charge >= 0.3 is 0 Å². The molecule has 0 heterocycles. The Morgan fingerprint density at radius 3 is 2.15 bits per heavy atom. The summed E-state index contributed by atoms with van der Waals surface area (Å²) < 4.78 is 5.72. The van der Waals surface area contributed by atoms with Crippen LogP contribution in [0.15, 0.2) is 78.9 Å². The van der Waals surface area contributed by atoms with E-state index in [-0.39, 0.29) is 11.3 Å². The second-order valence-corrected chi connectivity index (χ2v) is 5.67. The first-order valence-electron chi connectivity index (χ1n) is 8.19. The van der Waals surface area contributed by atoms with Crippen LogP contribution in [-0.4, -0.2) is 5.78 Å². The SMILES string of the molecule is N#Cc1ccc(Oc2ccc(/C=C/C(=O)c3ccccc3)cc2)cc1C#N. The molecule has 0 atom stereocenters. The highest BCUT2D eigenvalue weighted by Crippen LogP contribution is 2.24. The molecule has 27 heavy (non-hydrogen) atoms. The number of nitrogens with zero attached hydrogens (tertiary/aromatic N) is 2. The highest BCUT2D eigenvalue weighted by Gasteiger charge is 2.05. The quantitative estimate of drug-likeness (QED) is 0.473. The summed E-state index contributed by atoms with van der Waals surface area (Å²) in [7, 11) is 0. The summed E-state index contributed by atoms with van der Waals surface area (Å²) in [5, 5.41) is 18.0. The number of ether oxygens (including phenoxy) is 1. The van der Waals surface area contributed by atoms with E-state index in [1.165, 1.54) is 12.1 Å². The molecule has 0 aromatic heterocycles. The van der Waals surface area contributed by atoms with Crippen LogP contribution in [0.2, 0.25) is 0 Å². The van der Waals surface area contributed by atoms with E-state index in [9.17, 15) is 4.79 Å². The third-order valence-electron chi connectivity index (χ3n) is 3.83. The number of allylic oxidation sites excluding steroid dienone is 1. The van der Waals surface area contributed by atoms with Crippen LogP contribution < -0.4 is 4.74 Å². The molecule has 0 unspecified atom stereocenters. The van der Waals surface area contributed by atoms with Crippen LogP contribution in [0.1, 0.15) is 27.0 Å². The van der Waals surface area contributed by atoms with Gasteiger partial charge in [0.2, 0.25) is 0 Å². The molecule has 0 amide bonds. The molecule has 4 heteroatoms. The molecule has 0 radical (unpaired) electrons. The molecule has 0 aliphatic rings. The molecule has 4 nitrogen and oxygen atoms in total. The van der Waals surface area contributed by atoms with Crippen molar-refractivity contribution in [3.8, 4) is 23.6 Å². The fourth-order valence-corrected chi connectivity index (χ4v) is 2.43. The lowest BCUT2D eigenvalue weighted by Gasteiger charge is -2.06. The maximum Gasteiger partial charge on any atom is 0.185 e. The molecule has 0 spiro atoms. The second kappa shape index (κ2) is 8.29. The summed E-state index contributed by atoms with van der Waals surface area (Å²) in [5.74, 6) is 1.01. The number of hydrogen-bond donors (Lipinski definition) is 0. The molecule has 128 valence electrons. The molecule has 0 aliphatic carbocycles. The third kappa shape index (κ3) is 4.48. The van der Waals surface area contributed by atoms with Gasteiger partial charge in [0.15, 0.2) is 5.78 Å². The topological polar surface area (TPSA) is 73.9 Å². The predicted octanol–water partition coefficient (Wildman–Crippen LogP) is 5.12. The molecule has 0 aliphatic heterocycles. The molecule has 0 bridgehead atoms. The fourth-order valence-electron chi connectivity index (χ4n) is 2.43. The number of carbonyl (C=O) groups is 1. The standard InChI is InChI=1S/C23H14N2O2/c24-15-19-9-12-22(14-20(19)16-25)27-21-10-6-17(7-11-21)8-13-23(26)18-4-2-1-3-5-18/h1-14H/b13-8+.